The number of hydrogen-bond donors (Lipinski definition) is 1. The number of benzene rings is 2. The van der Waals surface area contributed by atoms with Crippen molar-refractivity contribution in [1.29, 1.82) is 0 Å². The highest BCUT2D eigenvalue weighted by atomic mass is 35.5. The standard InChI is InChI=1S/C22H27ClN2O3S/c1-25(16-17-9-5-4-6-10-17)29(27,28)19-13-14-21(23)20(15-19)22(26)24-18-11-7-2-3-8-12-18/h4-6,9-10,13-15,18H,2-3,7-8,11-12,16H2,1H3,(H,24,26). The van der Waals surface area contributed by atoms with Crippen molar-refractivity contribution in [2.45, 2.75) is 56.0 Å². The average Bonchev–Trinajstić information content (AvgIpc) is 2.97. The Bertz CT molecular complexity index is 940. The molecular weight excluding hydrogens is 408 g/mol. The lowest BCUT2D eigenvalue weighted by molar-refractivity contribution is 0.0933. The van der Waals surface area contributed by atoms with Gasteiger partial charge in [-0.3, -0.25) is 4.79 Å². The van der Waals surface area contributed by atoms with Crippen LogP contribution in [-0.4, -0.2) is 31.7 Å². The minimum Gasteiger partial charge on any atom is -0.349 e. The lowest BCUT2D eigenvalue weighted by Gasteiger charge is -2.19. The smallest absolute Gasteiger partial charge is 0.253 e. The van der Waals surface area contributed by atoms with Gasteiger partial charge in [0.1, 0.15) is 0 Å². The average molecular weight is 435 g/mol. The Morgan fingerprint density at radius 1 is 1.07 bits per heavy atom. The molecule has 156 valence electrons. The first-order valence-corrected chi connectivity index (χ1v) is 11.8. The zero-order valence-corrected chi connectivity index (χ0v) is 18.2. The highest BCUT2D eigenvalue weighted by Gasteiger charge is 2.24. The third kappa shape index (κ3) is 5.59. The Labute approximate surface area is 178 Å². The summed E-state index contributed by atoms with van der Waals surface area (Å²) in [6.45, 7) is 0.245. The number of rotatable bonds is 6. The van der Waals surface area contributed by atoms with Crippen LogP contribution in [0.1, 0.15) is 54.4 Å². The van der Waals surface area contributed by atoms with Crippen LogP contribution in [0.2, 0.25) is 5.02 Å². The van der Waals surface area contributed by atoms with Gasteiger partial charge in [-0.2, -0.15) is 4.31 Å². The van der Waals surface area contributed by atoms with E-state index in [0.717, 1.165) is 31.2 Å². The molecule has 0 bridgehead atoms. The van der Waals surface area contributed by atoms with Gasteiger partial charge < -0.3 is 5.32 Å². The maximum atomic E-state index is 13.0. The number of hydrogen-bond acceptors (Lipinski definition) is 3. The molecule has 1 fully saturated rings. The molecule has 7 heteroatoms. The van der Waals surface area contributed by atoms with E-state index in [-0.39, 0.29) is 34.0 Å². The highest BCUT2D eigenvalue weighted by molar-refractivity contribution is 7.89. The molecule has 2 aromatic carbocycles. The second kappa shape index (κ2) is 9.74. The molecule has 0 heterocycles. The molecule has 1 aliphatic carbocycles. The van der Waals surface area contributed by atoms with Gasteiger partial charge in [0.15, 0.2) is 0 Å². The number of carbonyl (C=O) groups is 1. The van der Waals surface area contributed by atoms with Crippen LogP contribution < -0.4 is 5.32 Å². The Hall–Kier alpha value is -1.89. The number of carbonyl (C=O) groups excluding carboxylic acids is 1. The van der Waals surface area contributed by atoms with Gasteiger partial charge in [0.2, 0.25) is 10.0 Å². The summed E-state index contributed by atoms with van der Waals surface area (Å²) >= 11 is 6.23. The van der Waals surface area contributed by atoms with Crippen molar-refractivity contribution in [2.24, 2.45) is 0 Å². The van der Waals surface area contributed by atoms with Gasteiger partial charge in [0.25, 0.3) is 5.91 Å². The molecule has 1 amide bonds. The third-order valence-corrected chi connectivity index (χ3v) is 7.46. The van der Waals surface area contributed by atoms with E-state index in [9.17, 15) is 13.2 Å². The van der Waals surface area contributed by atoms with Crippen LogP contribution in [0.15, 0.2) is 53.4 Å². The van der Waals surface area contributed by atoms with Crippen molar-refractivity contribution in [3.63, 3.8) is 0 Å². The van der Waals surface area contributed by atoms with Crippen LogP contribution in [0, 0.1) is 0 Å². The molecule has 3 rings (SSSR count). The topological polar surface area (TPSA) is 66.5 Å². The number of nitrogens with zero attached hydrogens (tertiary/aromatic N) is 1. The molecule has 1 N–H and O–H groups in total. The summed E-state index contributed by atoms with van der Waals surface area (Å²) in [4.78, 5) is 12.8. The van der Waals surface area contributed by atoms with Gasteiger partial charge >= 0.3 is 0 Å². The number of nitrogens with one attached hydrogen (secondary N) is 1. The predicted molar refractivity (Wildman–Crippen MR) is 116 cm³/mol. The van der Waals surface area contributed by atoms with E-state index in [1.54, 1.807) is 0 Å². The van der Waals surface area contributed by atoms with Crippen LogP contribution in [0.3, 0.4) is 0 Å². The fraction of sp³-hybridized carbons (Fsp3) is 0.409. The van der Waals surface area contributed by atoms with Crippen molar-refractivity contribution in [1.82, 2.24) is 9.62 Å². The molecule has 5 nitrogen and oxygen atoms in total. The third-order valence-electron chi connectivity index (χ3n) is 5.33. The molecule has 0 aliphatic heterocycles. The quantitative estimate of drug-likeness (QED) is 0.675. The molecular formula is C22H27ClN2O3S. The molecule has 0 spiro atoms. The second-order valence-electron chi connectivity index (χ2n) is 7.55. The first-order valence-electron chi connectivity index (χ1n) is 9.98. The Morgan fingerprint density at radius 2 is 1.72 bits per heavy atom. The fourth-order valence-corrected chi connectivity index (χ4v) is 5.02. The molecule has 0 radical (unpaired) electrons. The fourth-order valence-electron chi connectivity index (χ4n) is 3.63. The summed E-state index contributed by atoms with van der Waals surface area (Å²) < 4.78 is 27.3. The first-order chi connectivity index (χ1) is 13.9. The minimum absolute atomic E-state index is 0.0614. The normalized spacial score (nSPS) is 15.8. The van der Waals surface area contributed by atoms with Crippen molar-refractivity contribution < 1.29 is 13.2 Å². The van der Waals surface area contributed by atoms with E-state index >= 15 is 0 Å². The second-order valence-corrected chi connectivity index (χ2v) is 10.0. The summed E-state index contributed by atoms with van der Waals surface area (Å²) in [6, 6.07) is 13.8. The Kier molecular flexibility index (Phi) is 7.33. The highest BCUT2D eigenvalue weighted by Crippen LogP contribution is 2.24. The van der Waals surface area contributed by atoms with Crippen molar-refractivity contribution in [3.8, 4) is 0 Å². The van der Waals surface area contributed by atoms with Gasteiger partial charge in [0.05, 0.1) is 15.5 Å². The maximum absolute atomic E-state index is 13.0. The summed E-state index contributed by atoms with van der Waals surface area (Å²) in [6.07, 6.45) is 6.46. The monoisotopic (exact) mass is 434 g/mol. The first kappa shape index (κ1) is 21.8. The largest absolute Gasteiger partial charge is 0.349 e. The molecule has 29 heavy (non-hydrogen) atoms. The Balaban J connectivity index is 1.78. The SMILES string of the molecule is CN(Cc1ccccc1)S(=O)(=O)c1ccc(Cl)c(C(=O)NC2CCCCCC2)c1. The predicted octanol–water partition coefficient (Wildman–Crippen LogP) is 4.61. The maximum Gasteiger partial charge on any atom is 0.253 e. The van der Waals surface area contributed by atoms with Crippen molar-refractivity contribution >= 4 is 27.5 Å². The van der Waals surface area contributed by atoms with E-state index in [0.29, 0.717) is 0 Å². The van der Waals surface area contributed by atoms with Crippen LogP contribution in [0.4, 0.5) is 0 Å². The van der Waals surface area contributed by atoms with E-state index in [1.807, 2.05) is 30.3 Å². The molecule has 0 atom stereocenters. The van der Waals surface area contributed by atoms with E-state index < -0.39 is 10.0 Å². The van der Waals surface area contributed by atoms with Crippen LogP contribution >= 0.6 is 11.6 Å². The molecule has 1 aliphatic rings. The number of amides is 1. The van der Waals surface area contributed by atoms with Crippen molar-refractivity contribution in [3.05, 3.63) is 64.7 Å². The zero-order valence-electron chi connectivity index (χ0n) is 16.6. The molecule has 1 saturated carbocycles. The lowest BCUT2D eigenvalue weighted by Crippen LogP contribution is -2.34. The summed E-state index contributed by atoms with van der Waals surface area (Å²) in [7, 11) is -2.22. The van der Waals surface area contributed by atoms with Gasteiger partial charge in [-0.25, -0.2) is 8.42 Å². The van der Waals surface area contributed by atoms with Gasteiger partial charge in [0, 0.05) is 19.6 Å². The van der Waals surface area contributed by atoms with E-state index in [2.05, 4.69) is 5.32 Å². The molecule has 0 saturated heterocycles. The molecule has 2 aromatic rings. The van der Waals surface area contributed by atoms with Crippen molar-refractivity contribution in [2.75, 3.05) is 7.05 Å². The summed E-state index contributed by atoms with van der Waals surface area (Å²) in [5, 5.41) is 3.28. The number of halogens is 1. The molecule has 0 aromatic heterocycles. The summed E-state index contributed by atoms with van der Waals surface area (Å²) in [5.41, 5.74) is 1.09. The zero-order chi connectivity index (χ0) is 20.9. The van der Waals surface area contributed by atoms with E-state index in [4.69, 9.17) is 11.6 Å². The lowest BCUT2D eigenvalue weighted by atomic mass is 10.1. The van der Waals surface area contributed by atoms with Gasteiger partial charge in [-0.05, 0) is 36.6 Å². The van der Waals surface area contributed by atoms with Crippen LogP contribution in [0.25, 0.3) is 0 Å². The van der Waals surface area contributed by atoms with Crippen LogP contribution in [0.5, 0.6) is 0 Å². The Morgan fingerprint density at radius 3 is 2.38 bits per heavy atom. The number of sulfonamides is 1. The van der Waals surface area contributed by atoms with Crippen LogP contribution in [-0.2, 0) is 16.6 Å². The molecule has 0 unspecified atom stereocenters. The van der Waals surface area contributed by atoms with Gasteiger partial charge in [-0.15, -0.1) is 0 Å². The van der Waals surface area contributed by atoms with Gasteiger partial charge in [-0.1, -0.05) is 67.6 Å². The minimum atomic E-state index is -3.75. The summed E-state index contributed by atoms with van der Waals surface area (Å²) in [5.74, 6) is -0.315. The van der Waals surface area contributed by atoms with E-state index in [1.165, 1.54) is 42.4 Å².